The number of carbonyl (C=O) groups is 2. The third-order valence-corrected chi connectivity index (χ3v) is 6.83. The summed E-state index contributed by atoms with van der Waals surface area (Å²) in [5, 5.41) is 1.63. The number of amides is 2. The molecule has 0 atom stereocenters. The monoisotopic (exact) mass is 488 g/mol. The van der Waals surface area contributed by atoms with Crippen LogP contribution in [0.1, 0.15) is 21.5 Å². The number of carbonyl (C=O) groups excluding carboxylic acids is 2. The summed E-state index contributed by atoms with van der Waals surface area (Å²) in [6.07, 6.45) is 3.80. The van der Waals surface area contributed by atoms with Crippen molar-refractivity contribution in [2.45, 2.75) is 13.0 Å². The number of hydrogen-bond donors (Lipinski definition) is 1. The second kappa shape index (κ2) is 9.80. The van der Waals surface area contributed by atoms with Crippen LogP contribution in [0.4, 0.5) is 0 Å². The quantitative estimate of drug-likeness (QED) is 0.466. The molecule has 2 amide bonds. The molecule has 0 bridgehead atoms. The summed E-state index contributed by atoms with van der Waals surface area (Å²) in [5.74, 6) is -0.100. The molecule has 0 radical (unpaired) electrons. The molecule has 1 aliphatic rings. The highest BCUT2D eigenvalue weighted by molar-refractivity contribution is 6.31. The molecule has 2 aromatic heterocycles. The van der Waals surface area contributed by atoms with Gasteiger partial charge < -0.3 is 19.4 Å². The van der Waals surface area contributed by atoms with Crippen LogP contribution in [0.2, 0.25) is 5.02 Å². The number of pyridine rings is 1. The number of aromatic nitrogens is 2. The first-order chi connectivity index (χ1) is 17.0. The molecular formula is C27H25ClN4O3. The summed E-state index contributed by atoms with van der Waals surface area (Å²) in [7, 11) is 0. The van der Waals surface area contributed by atoms with E-state index in [-0.39, 0.29) is 23.9 Å². The van der Waals surface area contributed by atoms with E-state index in [2.05, 4.69) is 4.98 Å². The number of piperazine rings is 1. The molecular weight excluding hydrogens is 464 g/mol. The normalized spacial score (nSPS) is 13.9. The summed E-state index contributed by atoms with van der Waals surface area (Å²) in [6, 6.07) is 18.2. The van der Waals surface area contributed by atoms with Crippen molar-refractivity contribution in [3.63, 3.8) is 0 Å². The average molecular weight is 489 g/mol. The zero-order chi connectivity index (χ0) is 24.4. The van der Waals surface area contributed by atoms with Gasteiger partial charge in [0.05, 0.1) is 18.5 Å². The van der Waals surface area contributed by atoms with Gasteiger partial charge in [0.15, 0.2) is 0 Å². The van der Waals surface area contributed by atoms with Crippen LogP contribution in [0.5, 0.6) is 0 Å². The number of H-pyrrole nitrogens is 1. The molecule has 1 saturated heterocycles. The highest BCUT2D eigenvalue weighted by atomic mass is 35.5. The number of benzene rings is 2. The minimum absolute atomic E-state index is 0.0511. The fourth-order valence-electron chi connectivity index (χ4n) is 4.49. The predicted octanol–water partition coefficient (Wildman–Crippen LogP) is 3.56. The third kappa shape index (κ3) is 4.86. The van der Waals surface area contributed by atoms with Gasteiger partial charge in [0.1, 0.15) is 0 Å². The molecule has 0 unspecified atom stereocenters. The van der Waals surface area contributed by atoms with E-state index in [1.165, 1.54) is 10.6 Å². The summed E-state index contributed by atoms with van der Waals surface area (Å²) >= 11 is 6.24. The molecule has 35 heavy (non-hydrogen) atoms. The van der Waals surface area contributed by atoms with E-state index in [0.717, 1.165) is 22.0 Å². The lowest BCUT2D eigenvalue weighted by atomic mass is 10.1. The van der Waals surface area contributed by atoms with Crippen molar-refractivity contribution in [1.82, 2.24) is 19.4 Å². The maximum atomic E-state index is 13.1. The van der Waals surface area contributed by atoms with Gasteiger partial charge in [-0.1, -0.05) is 48.0 Å². The Balaban J connectivity index is 1.22. The number of hydrogen-bond acceptors (Lipinski definition) is 3. The van der Waals surface area contributed by atoms with Crippen LogP contribution < -0.4 is 5.56 Å². The Labute approximate surface area is 207 Å². The van der Waals surface area contributed by atoms with Crippen molar-refractivity contribution in [2.24, 2.45) is 0 Å². The standard InChI is InChI=1S/C27H25ClN4O3/c28-23-7-3-1-5-19(23)17-32-18-20(9-10-25(32)33)27(35)31-13-11-30(12-14-31)26(34)15-21-16-29-24-8-4-2-6-22(21)24/h1-10,16,18,29H,11-15,17H2. The van der Waals surface area contributed by atoms with E-state index in [0.29, 0.717) is 43.2 Å². The van der Waals surface area contributed by atoms with Crippen LogP contribution >= 0.6 is 11.6 Å². The summed E-state index contributed by atoms with van der Waals surface area (Å²) in [5.41, 5.74) is 3.04. The molecule has 4 aromatic rings. The van der Waals surface area contributed by atoms with Crippen LogP contribution in [0.15, 0.2) is 77.9 Å². The highest BCUT2D eigenvalue weighted by Gasteiger charge is 2.25. The Kier molecular flexibility index (Phi) is 6.42. The number of nitrogens with zero attached hydrogens (tertiary/aromatic N) is 3. The Hall–Kier alpha value is -3.84. The van der Waals surface area contributed by atoms with Crippen LogP contribution in [0, 0.1) is 0 Å². The predicted molar refractivity (Wildman–Crippen MR) is 136 cm³/mol. The van der Waals surface area contributed by atoms with Gasteiger partial charge in [0, 0.05) is 60.6 Å². The zero-order valence-corrected chi connectivity index (χ0v) is 19.9. The molecule has 178 valence electrons. The van der Waals surface area contributed by atoms with Crippen LogP contribution in [0.25, 0.3) is 10.9 Å². The average Bonchev–Trinajstić information content (AvgIpc) is 3.29. The van der Waals surface area contributed by atoms with E-state index in [1.54, 1.807) is 23.2 Å². The van der Waals surface area contributed by atoms with Gasteiger partial charge >= 0.3 is 0 Å². The second-order valence-electron chi connectivity index (χ2n) is 8.68. The van der Waals surface area contributed by atoms with Gasteiger partial charge in [-0.2, -0.15) is 0 Å². The molecule has 0 saturated carbocycles. The SMILES string of the molecule is O=C(Cc1c[nH]c2ccccc12)N1CCN(C(=O)c2ccc(=O)n(Cc3ccccc3Cl)c2)CC1. The number of aromatic amines is 1. The van der Waals surface area contributed by atoms with Crippen LogP contribution in [-0.2, 0) is 17.8 Å². The number of rotatable bonds is 5. The topological polar surface area (TPSA) is 78.4 Å². The smallest absolute Gasteiger partial charge is 0.255 e. The maximum absolute atomic E-state index is 13.1. The van der Waals surface area contributed by atoms with Gasteiger partial charge in [-0.15, -0.1) is 0 Å². The van der Waals surface area contributed by atoms with Crippen molar-refractivity contribution in [3.05, 3.63) is 105 Å². The van der Waals surface area contributed by atoms with Crippen LogP contribution in [0.3, 0.4) is 0 Å². The summed E-state index contributed by atoms with van der Waals surface area (Å²) in [6.45, 7) is 2.14. The Bertz CT molecular complexity index is 1450. The first kappa shape index (κ1) is 22.9. The Morgan fingerprint density at radius 2 is 1.57 bits per heavy atom. The Morgan fingerprint density at radius 1 is 0.857 bits per heavy atom. The van der Waals surface area contributed by atoms with Crippen molar-refractivity contribution < 1.29 is 9.59 Å². The van der Waals surface area contributed by atoms with E-state index in [4.69, 9.17) is 11.6 Å². The number of nitrogens with one attached hydrogen (secondary N) is 1. The highest BCUT2D eigenvalue weighted by Crippen LogP contribution is 2.20. The van der Waals surface area contributed by atoms with Gasteiger partial charge in [-0.05, 0) is 29.3 Å². The lowest BCUT2D eigenvalue weighted by molar-refractivity contribution is -0.131. The molecule has 7 nitrogen and oxygen atoms in total. The first-order valence-electron chi connectivity index (χ1n) is 11.6. The van der Waals surface area contributed by atoms with Crippen molar-refractivity contribution in [2.75, 3.05) is 26.2 Å². The van der Waals surface area contributed by atoms with Crippen LogP contribution in [-0.4, -0.2) is 57.3 Å². The third-order valence-electron chi connectivity index (χ3n) is 6.47. The molecule has 1 fully saturated rings. The molecule has 0 aliphatic carbocycles. The van der Waals surface area contributed by atoms with E-state index >= 15 is 0 Å². The molecule has 1 aliphatic heterocycles. The number of halogens is 1. The van der Waals surface area contributed by atoms with E-state index < -0.39 is 0 Å². The molecule has 3 heterocycles. The van der Waals surface area contributed by atoms with E-state index in [9.17, 15) is 14.4 Å². The largest absolute Gasteiger partial charge is 0.361 e. The lowest BCUT2D eigenvalue weighted by Crippen LogP contribution is -2.51. The summed E-state index contributed by atoms with van der Waals surface area (Å²) in [4.78, 5) is 45.2. The maximum Gasteiger partial charge on any atom is 0.255 e. The van der Waals surface area contributed by atoms with Gasteiger partial charge in [-0.25, -0.2) is 0 Å². The van der Waals surface area contributed by atoms with Gasteiger partial charge in [0.25, 0.3) is 11.5 Å². The fourth-order valence-corrected chi connectivity index (χ4v) is 4.68. The van der Waals surface area contributed by atoms with Crippen molar-refractivity contribution >= 4 is 34.3 Å². The number of para-hydroxylation sites is 1. The summed E-state index contributed by atoms with van der Waals surface area (Å²) < 4.78 is 1.50. The van der Waals surface area contributed by atoms with Gasteiger partial charge in [0.2, 0.25) is 5.91 Å². The minimum Gasteiger partial charge on any atom is -0.361 e. The lowest BCUT2D eigenvalue weighted by Gasteiger charge is -2.35. The molecule has 5 rings (SSSR count). The van der Waals surface area contributed by atoms with Gasteiger partial charge in [-0.3, -0.25) is 14.4 Å². The van der Waals surface area contributed by atoms with Crippen molar-refractivity contribution in [3.8, 4) is 0 Å². The minimum atomic E-state index is -0.200. The zero-order valence-electron chi connectivity index (χ0n) is 19.1. The Morgan fingerprint density at radius 3 is 2.37 bits per heavy atom. The molecule has 2 aromatic carbocycles. The van der Waals surface area contributed by atoms with E-state index in [1.807, 2.05) is 53.6 Å². The number of fused-ring (bicyclic) bond motifs is 1. The van der Waals surface area contributed by atoms with Crippen molar-refractivity contribution in [1.29, 1.82) is 0 Å². The molecule has 0 spiro atoms. The first-order valence-corrected chi connectivity index (χ1v) is 11.9. The second-order valence-corrected chi connectivity index (χ2v) is 9.09. The molecule has 8 heteroatoms. The fraction of sp³-hybridized carbons (Fsp3) is 0.222. The molecule has 1 N–H and O–H groups in total.